The van der Waals surface area contributed by atoms with Crippen LogP contribution in [0.2, 0.25) is 0 Å². The molecule has 1 amide bonds. The largest absolute Gasteiger partial charge is 0.451 e. The lowest BCUT2D eigenvalue weighted by atomic mass is 10.2. The van der Waals surface area contributed by atoms with E-state index in [0.29, 0.717) is 18.8 Å². The molecular weight excluding hydrogens is 346 g/mol. The Balaban J connectivity index is 1.33. The van der Waals surface area contributed by atoms with Crippen LogP contribution in [-0.2, 0) is 0 Å². The van der Waals surface area contributed by atoms with Crippen molar-refractivity contribution in [3.8, 4) is 0 Å². The van der Waals surface area contributed by atoms with Crippen molar-refractivity contribution < 1.29 is 9.21 Å². The summed E-state index contributed by atoms with van der Waals surface area (Å²) in [7, 11) is 0. The van der Waals surface area contributed by atoms with Crippen LogP contribution in [0.3, 0.4) is 0 Å². The number of aromatic nitrogens is 1. The second-order valence-corrected chi connectivity index (χ2v) is 7.24. The summed E-state index contributed by atoms with van der Waals surface area (Å²) in [6, 6.07) is 17.8. The molecule has 3 heterocycles. The average molecular weight is 363 g/mol. The SMILES string of the molecule is O=C(c1cc2ccccc2o1)N1CCN(c2nsc3ccccc23)CC1. The molecule has 1 aliphatic rings. The topological polar surface area (TPSA) is 49.6 Å². The summed E-state index contributed by atoms with van der Waals surface area (Å²) >= 11 is 1.53. The smallest absolute Gasteiger partial charge is 0.289 e. The van der Waals surface area contributed by atoms with Gasteiger partial charge in [0, 0.05) is 37.0 Å². The zero-order valence-corrected chi connectivity index (χ0v) is 14.9. The third-order valence-corrected chi connectivity index (χ3v) is 5.68. The van der Waals surface area contributed by atoms with Gasteiger partial charge in [0.1, 0.15) is 11.4 Å². The predicted octanol–water partition coefficient (Wildman–Crippen LogP) is 4.00. The van der Waals surface area contributed by atoms with E-state index in [4.69, 9.17) is 4.42 Å². The summed E-state index contributed by atoms with van der Waals surface area (Å²) in [4.78, 5) is 16.9. The Morgan fingerprint density at radius 1 is 1.00 bits per heavy atom. The van der Waals surface area contributed by atoms with Crippen molar-refractivity contribution in [2.75, 3.05) is 31.1 Å². The molecule has 0 atom stereocenters. The number of carbonyl (C=O) groups excluding carboxylic acids is 1. The molecule has 0 unspecified atom stereocenters. The van der Waals surface area contributed by atoms with Gasteiger partial charge in [0.25, 0.3) is 5.91 Å². The van der Waals surface area contributed by atoms with Crippen LogP contribution in [0.5, 0.6) is 0 Å². The minimum atomic E-state index is -0.0380. The highest BCUT2D eigenvalue weighted by molar-refractivity contribution is 7.13. The molecule has 0 spiro atoms. The van der Waals surface area contributed by atoms with Crippen molar-refractivity contribution in [2.24, 2.45) is 0 Å². The van der Waals surface area contributed by atoms with Crippen molar-refractivity contribution >= 4 is 44.3 Å². The van der Waals surface area contributed by atoms with E-state index < -0.39 is 0 Å². The molecule has 0 N–H and O–H groups in total. The van der Waals surface area contributed by atoms with E-state index in [1.165, 1.54) is 21.6 Å². The van der Waals surface area contributed by atoms with Crippen LogP contribution in [0.1, 0.15) is 10.6 Å². The molecule has 0 saturated carbocycles. The lowest BCUT2D eigenvalue weighted by molar-refractivity contribution is 0.0717. The predicted molar refractivity (Wildman–Crippen MR) is 104 cm³/mol. The molecule has 1 saturated heterocycles. The summed E-state index contributed by atoms with van der Waals surface area (Å²) in [5.41, 5.74) is 0.753. The number of amides is 1. The lowest BCUT2D eigenvalue weighted by Gasteiger charge is -2.34. The highest BCUT2D eigenvalue weighted by Gasteiger charge is 2.26. The van der Waals surface area contributed by atoms with Crippen LogP contribution >= 0.6 is 11.5 Å². The molecule has 26 heavy (non-hydrogen) atoms. The fourth-order valence-electron chi connectivity index (χ4n) is 3.47. The number of carbonyl (C=O) groups is 1. The number of fused-ring (bicyclic) bond motifs is 2. The van der Waals surface area contributed by atoms with E-state index in [0.717, 1.165) is 29.9 Å². The van der Waals surface area contributed by atoms with E-state index in [1.54, 1.807) is 0 Å². The number of hydrogen-bond donors (Lipinski definition) is 0. The van der Waals surface area contributed by atoms with Crippen molar-refractivity contribution in [2.45, 2.75) is 0 Å². The minimum absolute atomic E-state index is 0.0380. The standard InChI is InChI=1S/C20H17N3O2S/c24-20(17-13-14-5-1-3-7-16(14)25-17)23-11-9-22(10-12-23)19-15-6-2-4-8-18(15)26-21-19/h1-8,13H,9-12H2. The number of hydrogen-bond acceptors (Lipinski definition) is 5. The third kappa shape index (κ3) is 2.54. The van der Waals surface area contributed by atoms with Crippen LogP contribution < -0.4 is 4.90 Å². The summed E-state index contributed by atoms with van der Waals surface area (Å²) in [5, 5.41) is 2.15. The minimum Gasteiger partial charge on any atom is -0.451 e. The van der Waals surface area contributed by atoms with Crippen LogP contribution in [0, 0.1) is 0 Å². The zero-order chi connectivity index (χ0) is 17.5. The van der Waals surface area contributed by atoms with Crippen LogP contribution in [0.25, 0.3) is 21.1 Å². The second-order valence-electron chi connectivity index (χ2n) is 6.43. The number of benzene rings is 2. The monoisotopic (exact) mass is 363 g/mol. The molecule has 130 valence electrons. The molecule has 0 bridgehead atoms. The summed E-state index contributed by atoms with van der Waals surface area (Å²) < 4.78 is 11.5. The van der Waals surface area contributed by atoms with Crippen LogP contribution in [-0.4, -0.2) is 41.4 Å². The maximum Gasteiger partial charge on any atom is 0.289 e. The summed E-state index contributed by atoms with van der Waals surface area (Å²) in [5.74, 6) is 1.41. The highest BCUT2D eigenvalue weighted by atomic mass is 32.1. The first-order valence-electron chi connectivity index (χ1n) is 8.67. The van der Waals surface area contributed by atoms with Crippen LogP contribution in [0.15, 0.2) is 59.0 Å². The normalized spacial score (nSPS) is 15.1. The average Bonchev–Trinajstić information content (AvgIpc) is 3.32. The van der Waals surface area contributed by atoms with Gasteiger partial charge in [-0.05, 0) is 35.8 Å². The van der Waals surface area contributed by atoms with Crippen molar-refractivity contribution in [1.29, 1.82) is 0 Å². The van der Waals surface area contributed by atoms with E-state index >= 15 is 0 Å². The third-order valence-electron chi connectivity index (χ3n) is 4.86. The molecule has 1 aliphatic heterocycles. The Labute approximate surface area is 154 Å². The van der Waals surface area contributed by atoms with Gasteiger partial charge in [-0.15, -0.1) is 0 Å². The Hall–Kier alpha value is -2.86. The first kappa shape index (κ1) is 15.4. The van der Waals surface area contributed by atoms with Gasteiger partial charge < -0.3 is 14.2 Å². The number of rotatable bonds is 2. The molecule has 0 aliphatic carbocycles. The number of piperazine rings is 1. The summed E-state index contributed by atoms with van der Waals surface area (Å²) in [6.07, 6.45) is 0. The van der Waals surface area contributed by atoms with Gasteiger partial charge in [-0.3, -0.25) is 4.79 Å². The molecule has 4 aromatic rings. The fourth-order valence-corrected chi connectivity index (χ4v) is 4.26. The maximum atomic E-state index is 12.8. The second kappa shape index (κ2) is 6.14. The Morgan fingerprint density at radius 2 is 1.77 bits per heavy atom. The molecular formula is C20H17N3O2S. The Kier molecular flexibility index (Phi) is 3.64. The van der Waals surface area contributed by atoms with E-state index in [1.807, 2.05) is 47.4 Å². The van der Waals surface area contributed by atoms with Gasteiger partial charge in [-0.25, -0.2) is 0 Å². The quantitative estimate of drug-likeness (QED) is 0.540. The Morgan fingerprint density at radius 3 is 2.62 bits per heavy atom. The molecule has 2 aromatic heterocycles. The number of para-hydroxylation sites is 1. The molecule has 0 radical (unpaired) electrons. The van der Waals surface area contributed by atoms with Crippen LogP contribution in [0.4, 0.5) is 5.82 Å². The van der Waals surface area contributed by atoms with E-state index in [2.05, 4.69) is 21.4 Å². The van der Waals surface area contributed by atoms with Gasteiger partial charge in [0.05, 0.1) is 4.70 Å². The first-order valence-corrected chi connectivity index (χ1v) is 9.44. The highest BCUT2D eigenvalue weighted by Crippen LogP contribution is 2.30. The molecule has 6 heteroatoms. The van der Waals surface area contributed by atoms with Gasteiger partial charge in [-0.2, -0.15) is 4.37 Å². The molecule has 1 fully saturated rings. The number of anilines is 1. The van der Waals surface area contributed by atoms with Crippen molar-refractivity contribution in [3.05, 3.63) is 60.4 Å². The number of furan rings is 1. The summed E-state index contributed by atoms with van der Waals surface area (Å²) in [6.45, 7) is 2.89. The van der Waals surface area contributed by atoms with Gasteiger partial charge in [0.2, 0.25) is 0 Å². The maximum absolute atomic E-state index is 12.8. The molecule has 2 aromatic carbocycles. The van der Waals surface area contributed by atoms with Crippen molar-refractivity contribution in [1.82, 2.24) is 9.27 Å². The Bertz CT molecular complexity index is 1060. The van der Waals surface area contributed by atoms with E-state index in [-0.39, 0.29) is 5.91 Å². The fraction of sp³-hybridized carbons (Fsp3) is 0.200. The zero-order valence-electron chi connectivity index (χ0n) is 14.1. The molecule has 5 rings (SSSR count). The first-order chi connectivity index (χ1) is 12.8. The van der Waals surface area contributed by atoms with E-state index in [9.17, 15) is 4.79 Å². The van der Waals surface area contributed by atoms with Gasteiger partial charge in [0.15, 0.2) is 5.76 Å². The lowest BCUT2D eigenvalue weighted by Crippen LogP contribution is -2.48. The van der Waals surface area contributed by atoms with Gasteiger partial charge in [-0.1, -0.05) is 30.3 Å². The number of nitrogens with zero attached hydrogens (tertiary/aromatic N) is 3. The van der Waals surface area contributed by atoms with Gasteiger partial charge >= 0.3 is 0 Å². The molecule has 5 nitrogen and oxygen atoms in total. The van der Waals surface area contributed by atoms with Crippen molar-refractivity contribution in [3.63, 3.8) is 0 Å².